The second kappa shape index (κ2) is 11.5. The van der Waals surface area contributed by atoms with Crippen LogP contribution >= 0.6 is 0 Å². The largest absolute Gasteiger partial charge is 0.309 e. The molecule has 0 unspecified atom stereocenters. The Kier molecular flexibility index (Phi) is 6.53. The number of hydrogen-bond donors (Lipinski definition) is 0. The van der Waals surface area contributed by atoms with Crippen LogP contribution in [0.15, 0.2) is 194 Å². The first-order valence-electron chi connectivity index (χ1n) is 17.2. The number of para-hydroxylation sites is 3. The molecule has 10 rings (SSSR count). The van der Waals surface area contributed by atoms with Crippen molar-refractivity contribution in [3.05, 3.63) is 194 Å². The Morgan fingerprint density at radius 1 is 0.220 bits per heavy atom. The summed E-state index contributed by atoms with van der Waals surface area (Å²) in [6, 6.07) is 70.4. The van der Waals surface area contributed by atoms with Gasteiger partial charge in [-0.2, -0.15) is 0 Å². The van der Waals surface area contributed by atoms with Crippen LogP contribution in [0.2, 0.25) is 0 Å². The molecule has 0 atom stereocenters. The zero-order valence-corrected chi connectivity index (χ0v) is 27.4. The van der Waals surface area contributed by atoms with Crippen molar-refractivity contribution in [3.63, 3.8) is 0 Å². The van der Waals surface area contributed by atoms with E-state index in [1.165, 1.54) is 77.0 Å². The Bertz CT molecular complexity index is 2790. The number of rotatable bonds is 5. The monoisotopic (exact) mass is 636 g/mol. The van der Waals surface area contributed by atoms with E-state index < -0.39 is 0 Å². The van der Waals surface area contributed by atoms with Gasteiger partial charge in [0.2, 0.25) is 0 Å². The molecule has 0 amide bonds. The summed E-state index contributed by atoms with van der Waals surface area (Å²) in [7, 11) is 0. The number of benzene rings is 8. The number of fused-ring (bicyclic) bond motifs is 6. The highest BCUT2D eigenvalue weighted by atomic mass is 15.0. The lowest BCUT2D eigenvalue weighted by atomic mass is 9.97. The molecule has 0 aliphatic carbocycles. The molecule has 0 fully saturated rings. The molecule has 2 aromatic heterocycles. The van der Waals surface area contributed by atoms with Crippen molar-refractivity contribution in [2.24, 2.45) is 0 Å². The van der Waals surface area contributed by atoms with Crippen LogP contribution in [-0.2, 0) is 0 Å². The molecule has 0 radical (unpaired) electrons. The van der Waals surface area contributed by atoms with Gasteiger partial charge in [0.05, 0.1) is 22.1 Å². The van der Waals surface area contributed by atoms with E-state index in [1.807, 2.05) is 0 Å². The average Bonchev–Trinajstić information content (AvgIpc) is 3.71. The normalized spacial score (nSPS) is 11.6. The molecule has 50 heavy (non-hydrogen) atoms. The van der Waals surface area contributed by atoms with Crippen molar-refractivity contribution >= 4 is 43.6 Å². The van der Waals surface area contributed by atoms with Crippen molar-refractivity contribution in [3.8, 4) is 44.8 Å². The van der Waals surface area contributed by atoms with E-state index in [1.54, 1.807) is 0 Å². The molecular weight excluding hydrogens is 605 g/mol. The Morgan fingerprint density at radius 2 is 0.600 bits per heavy atom. The number of aromatic nitrogens is 2. The standard InChI is InChI=1S/C48H32N2/c1-3-12-33(13-4-1)35-14-11-15-36(30-35)38-25-29-48-44(32-38)43-31-37(24-28-47(43)49(48)39-16-5-2-6-17-39)34-22-26-40(27-23-34)50-45-20-9-7-18-41(45)42-19-8-10-21-46(42)50/h1-32H. The van der Waals surface area contributed by atoms with Crippen LogP contribution in [0, 0.1) is 0 Å². The van der Waals surface area contributed by atoms with Gasteiger partial charge in [-0.3, -0.25) is 0 Å². The Balaban J connectivity index is 1.11. The highest BCUT2D eigenvalue weighted by Gasteiger charge is 2.16. The van der Waals surface area contributed by atoms with E-state index in [0.717, 1.165) is 11.4 Å². The summed E-state index contributed by atoms with van der Waals surface area (Å²) in [5.74, 6) is 0. The van der Waals surface area contributed by atoms with Crippen LogP contribution in [0.4, 0.5) is 0 Å². The molecule has 234 valence electrons. The van der Waals surface area contributed by atoms with Gasteiger partial charge in [-0.1, -0.05) is 127 Å². The molecule has 8 aromatic carbocycles. The van der Waals surface area contributed by atoms with Crippen LogP contribution < -0.4 is 0 Å². The molecule has 0 saturated heterocycles. The Labute approximate surface area is 290 Å². The van der Waals surface area contributed by atoms with E-state index in [-0.39, 0.29) is 0 Å². The predicted octanol–water partition coefficient (Wildman–Crippen LogP) is 12.9. The lowest BCUT2D eigenvalue weighted by Crippen LogP contribution is -1.94. The van der Waals surface area contributed by atoms with Crippen molar-refractivity contribution in [1.29, 1.82) is 0 Å². The molecule has 0 aliphatic heterocycles. The second-order valence-electron chi connectivity index (χ2n) is 13.0. The van der Waals surface area contributed by atoms with Gasteiger partial charge in [0.25, 0.3) is 0 Å². The molecule has 0 spiro atoms. The van der Waals surface area contributed by atoms with E-state index in [0.29, 0.717) is 0 Å². The molecule has 10 aromatic rings. The highest BCUT2D eigenvalue weighted by Crippen LogP contribution is 2.38. The highest BCUT2D eigenvalue weighted by molar-refractivity contribution is 6.12. The number of hydrogen-bond acceptors (Lipinski definition) is 0. The van der Waals surface area contributed by atoms with Gasteiger partial charge in [-0.15, -0.1) is 0 Å². The quantitative estimate of drug-likeness (QED) is 0.178. The molecule has 0 aliphatic rings. The molecule has 0 bridgehead atoms. The summed E-state index contributed by atoms with van der Waals surface area (Å²) in [6.45, 7) is 0. The third-order valence-electron chi connectivity index (χ3n) is 10.1. The fourth-order valence-electron chi connectivity index (χ4n) is 7.75. The first-order chi connectivity index (χ1) is 24.8. The summed E-state index contributed by atoms with van der Waals surface area (Å²) in [6.07, 6.45) is 0. The summed E-state index contributed by atoms with van der Waals surface area (Å²) < 4.78 is 4.77. The lowest BCUT2D eigenvalue weighted by Gasteiger charge is -2.10. The van der Waals surface area contributed by atoms with E-state index >= 15 is 0 Å². The van der Waals surface area contributed by atoms with Crippen LogP contribution in [0.25, 0.3) is 88.4 Å². The third kappa shape index (κ3) is 4.57. The Morgan fingerprint density at radius 3 is 1.20 bits per heavy atom. The second-order valence-corrected chi connectivity index (χ2v) is 13.0. The average molecular weight is 637 g/mol. The molecule has 2 heterocycles. The maximum Gasteiger partial charge on any atom is 0.0541 e. The zero-order chi connectivity index (χ0) is 33.0. The molecule has 0 saturated carbocycles. The van der Waals surface area contributed by atoms with Crippen molar-refractivity contribution in [1.82, 2.24) is 9.13 Å². The fourth-order valence-corrected chi connectivity index (χ4v) is 7.75. The first kappa shape index (κ1) is 28.4. The Hall–Kier alpha value is -6.64. The van der Waals surface area contributed by atoms with Crippen LogP contribution in [-0.4, -0.2) is 9.13 Å². The molecule has 2 heteroatoms. The van der Waals surface area contributed by atoms with Crippen molar-refractivity contribution < 1.29 is 0 Å². The maximum atomic E-state index is 2.39. The van der Waals surface area contributed by atoms with Crippen molar-refractivity contribution in [2.45, 2.75) is 0 Å². The molecule has 0 N–H and O–H groups in total. The lowest BCUT2D eigenvalue weighted by molar-refractivity contribution is 1.18. The fraction of sp³-hybridized carbons (Fsp3) is 0. The number of nitrogens with zero attached hydrogens (tertiary/aromatic N) is 2. The van der Waals surface area contributed by atoms with Crippen LogP contribution in [0.3, 0.4) is 0 Å². The van der Waals surface area contributed by atoms with Gasteiger partial charge in [-0.05, 0) is 100 Å². The van der Waals surface area contributed by atoms with Crippen LogP contribution in [0.1, 0.15) is 0 Å². The molecular formula is C48H32N2. The maximum absolute atomic E-state index is 2.39. The topological polar surface area (TPSA) is 9.86 Å². The third-order valence-corrected chi connectivity index (χ3v) is 10.1. The minimum Gasteiger partial charge on any atom is -0.309 e. The van der Waals surface area contributed by atoms with Crippen molar-refractivity contribution in [2.75, 3.05) is 0 Å². The van der Waals surface area contributed by atoms with E-state index in [4.69, 9.17) is 0 Å². The van der Waals surface area contributed by atoms with Gasteiger partial charge in [0.1, 0.15) is 0 Å². The summed E-state index contributed by atoms with van der Waals surface area (Å²) in [5.41, 5.74) is 14.5. The summed E-state index contributed by atoms with van der Waals surface area (Å²) in [4.78, 5) is 0. The van der Waals surface area contributed by atoms with E-state index in [9.17, 15) is 0 Å². The van der Waals surface area contributed by atoms with Gasteiger partial charge in [0, 0.05) is 32.9 Å². The smallest absolute Gasteiger partial charge is 0.0541 e. The van der Waals surface area contributed by atoms with Gasteiger partial charge in [0.15, 0.2) is 0 Å². The van der Waals surface area contributed by atoms with Crippen LogP contribution in [0.5, 0.6) is 0 Å². The summed E-state index contributed by atoms with van der Waals surface area (Å²) >= 11 is 0. The zero-order valence-electron chi connectivity index (χ0n) is 27.4. The minimum atomic E-state index is 1.16. The van der Waals surface area contributed by atoms with Gasteiger partial charge in [-0.25, -0.2) is 0 Å². The predicted molar refractivity (Wildman–Crippen MR) is 211 cm³/mol. The first-order valence-corrected chi connectivity index (χ1v) is 17.2. The van der Waals surface area contributed by atoms with Gasteiger partial charge >= 0.3 is 0 Å². The van der Waals surface area contributed by atoms with Gasteiger partial charge < -0.3 is 9.13 Å². The molecule has 2 nitrogen and oxygen atoms in total. The minimum absolute atomic E-state index is 1.16. The van der Waals surface area contributed by atoms with E-state index in [2.05, 4.69) is 203 Å². The SMILES string of the molecule is c1ccc(-c2cccc(-c3ccc4c(c3)c3cc(-c5ccc(-n6c7ccccc7c7ccccc76)cc5)ccc3n4-c3ccccc3)c2)cc1. The summed E-state index contributed by atoms with van der Waals surface area (Å²) in [5, 5.41) is 5.04.